The number of aliphatic hydroxyl groups excluding tert-OH is 1. The van der Waals surface area contributed by atoms with E-state index >= 15 is 0 Å². The van der Waals surface area contributed by atoms with E-state index in [1.807, 2.05) is 19.9 Å². The predicted molar refractivity (Wildman–Crippen MR) is 119 cm³/mol. The van der Waals surface area contributed by atoms with Crippen LogP contribution in [0, 0.1) is 17.3 Å². The Balaban J connectivity index is 1.73. The molecular weight excluding hydrogens is 360 g/mol. The van der Waals surface area contributed by atoms with Crippen molar-refractivity contribution in [2.24, 2.45) is 17.3 Å². The first-order chi connectivity index (χ1) is 13.6. The minimum atomic E-state index is -1.02. The maximum atomic E-state index is 11.7. The van der Waals surface area contributed by atoms with Crippen molar-refractivity contribution in [1.82, 2.24) is 0 Å². The van der Waals surface area contributed by atoms with Crippen molar-refractivity contribution >= 4 is 0 Å². The topological polar surface area (TPSA) is 60.7 Å². The van der Waals surface area contributed by atoms with Crippen molar-refractivity contribution < 1.29 is 15.3 Å². The van der Waals surface area contributed by atoms with Crippen LogP contribution in [0.2, 0.25) is 0 Å². The molecule has 0 aromatic carbocycles. The van der Waals surface area contributed by atoms with Crippen LogP contribution in [-0.2, 0) is 0 Å². The van der Waals surface area contributed by atoms with Crippen LogP contribution in [0.25, 0.3) is 0 Å². The van der Waals surface area contributed by atoms with Crippen LogP contribution in [0.1, 0.15) is 91.4 Å². The fourth-order valence-corrected chi connectivity index (χ4v) is 6.34. The molecule has 0 spiro atoms. The molecule has 3 fully saturated rings. The maximum Gasteiger partial charge on any atom is 0.102 e. The third-order valence-corrected chi connectivity index (χ3v) is 8.13. The minimum absolute atomic E-state index is 0.0646. The van der Waals surface area contributed by atoms with Crippen molar-refractivity contribution in [3.05, 3.63) is 36.0 Å². The minimum Gasteiger partial charge on any atom is -0.390 e. The Hall–Kier alpha value is -0.900. The van der Waals surface area contributed by atoms with Gasteiger partial charge < -0.3 is 15.3 Å². The normalized spacial score (nSPS) is 38.6. The fourth-order valence-electron chi connectivity index (χ4n) is 6.34. The molecule has 0 aliphatic heterocycles. The average molecular weight is 403 g/mol. The molecule has 0 aromatic rings. The molecule has 0 radical (unpaired) electrons. The third kappa shape index (κ3) is 4.89. The Bertz CT molecular complexity index is 655. The van der Waals surface area contributed by atoms with Gasteiger partial charge in [0.25, 0.3) is 0 Å². The van der Waals surface area contributed by atoms with Crippen LogP contribution in [0.5, 0.6) is 0 Å². The van der Waals surface area contributed by atoms with E-state index in [1.165, 1.54) is 6.42 Å². The molecule has 0 aromatic heterocycles. The zero-order valence-electron chi connectivity index (χ0n) is 18.8. The number of fused-ring (bicyclic) bond motifs is 1. The average Bonchev–Trinajstić information content (AvgIpc) is 2.97. The van der Waals surface area contributed by atoms with Crippen molar-refractivity contribution in [1.29, 1.82) is 0 Å². The second kappa shape index (κ2) is 8.69. The van der Waals surface area contributed by atoms with Gasteiger partial charge in [0.2, 0.25) is 0 Å². The highest BCUT2D eigenvalue weighted by atomic mass is 16.3. The molecule has 0 amide bonds. The Kier molecular flexibility index (Phi) is 6.82. The molecule has 3 rings (SSSR count). The van der Waals surface area contributed by atoms with Crippen LogP contribution >= 0.6 is 0 Å². The summed E-state index contributed by atoms with van der Waals surface area (Å²) < 4.78 is 0. The highest BCUT2D eigenvalue weighted by Crippen LogP contribution is 2.60. The van der Waals surface area contributed by atoms with Gasteiger partial charge in [-0.15, -0.1) is 0 Å². The van der Waals surface area contributed by atoms with Crippen molar-refractivity contribution in [2.45, 2.75) is 109 Å². The molecule has 3 N–H and O–H groups in total. The largest absolute Gasteiger partial charge is 0.390 e. The van der Waals surface area contributed by atoms with E-state index in [0.717, 1.165) is 62.5 Å². The molecule has 29 heavy (non-hydrogen) atoms. The maximum absolute atomic E-state index is 11.7. The lowest BCUT2D eigenvalue weighted by molar-refractivity contribution is -0.153. The number of hydrogen-bond donors (Lipinski definition) is 3. The van der Waals surface area contributed by atoms with Crippen LogP contribution in [-0.4, -0.2) is 32.6 Å². The first-order valence-corrected chi connectivity index (χ1v) is 11.7. The van der Waals surface area contributed by atoms with Crippen LogP contribution in [0.4, 0.5) is 0 Å². The number of rotatable bonds is 6. The van der Waals surface area contributed by atoms with E-state index in [0.29, 0.717) is 18.8 Å². The Morgan fingerprint density at radius 3 is 2.55 bits per heavy atom. The zero-order valence-corrected chi connectivity index (χ0v) is 18.8. The summed E-state index contributed by atoms with van der Waals surface area (Å²) in [5.74, 6) is 0.669. The Labute approximate surface area is 177 Å². The van der Waals surface area contributed by atoms with E-state index in [9.17, 15) is 15.3 Å². The summed E-state index contributed by atoms with van der Waals surface area (Å²) in [5, 5.41) is 32.8. The lowest BCUT2D eigenvalue weighted by atomic mass is 9.57. The van der Waals surface area contributed by atoms with Crippen LogP contribution < -0.4 is 0 Å². The molecular formula is C26H42O3. The SMILES string of the molecule is C=C1CCCC/C1=C/C(O)C1(O)CCC[C@@]2(C)C1CC[C@@H]2C/C=C/CC(C)(C)O. The summed E-state index contributed by atoms with van der Waals surface area (Å²) in [6.45, 7) is 10.2. The molecule has 3 heteroatoms. The summed E-state index contributed by atoms with van der Waals surface area (Å²) in [6.07, 6.45) is 16.3. The third-order valence-electron chi connectivity index (χ3n) is 8.13. The monoisotopic (exact) mass is 402 g/mol. The van der Waals surface area contributed by atoms with Crippen LogP contribution in [0.3, 0.4) is 0 Å². The van der Waals surface area contributed by atoms with Gasteiger partial charge in [-0.2, -0.15) is 0 Å². The molecule has 0 saturated heterocycles. The fraction of sp³-hybridized carbons (Fsp3) is 0.769. The van der Waals surface area contributed by atoms with E-state index in [1.54, 1.807) is 0 Å². The molecule has 0 bridgehead atoms. The predicted octanol–water partition coefficient (Wildman–Crippen LogP) is 5.46. The first kappa shape index (κ1) is 22.8. The summed E-state index contributed by atoms with van der Waals surface area (Å²) in [7, 11) is 0. The Morgan fingerprint density at radius 2 is 1.86 bits per heavy atom. The number of allylic oxidation sites excluding steroid dienone is 3. The molecule has 3 nitrogen and oxygen atoms in total. The molecule has 3 aliphatic carbocycles. The van der Waals surface area contributed by atoms with Gasteiger partial charge in [-0.05, 0) is 113 Å². The highest BCUT2D eigenvalue weighted by Gasteiger charge is 2.58. The number of hydrogen-bond acceptors (Lipinski definition) is 3. The van der Waals surface area contributed by atoms with Crippen LogP contribution in [0.15, 0.2) is 36.0 Å². The zero-order chi connectivity index (χ0) is 21.3. The van der Waals surface area contributed by atoms with Gasteiger partial charge >= 0.3 is 0 Å². The summed E-state index contributed by atoms with van der Waals surface area (Å²) in [6, 6.07) is 0. The van der Waals surface area contributed by atoms with Gasteiger partial charge in [0.05, 0.1) is 11.2 Å². The van der Waals surface area contributed by atoms with Gasteiger partial charge in [-0.25, -0.2) is 0 Å². The van der Waals surface area contributed by atoms with Crippen molar-refractivity contribution in [2.75, 3.05) is 0 Å². The molecule has 164 valence electrons. The van der Waals surface area contributed by atoms with Gasteiger partial charge in [-0.3, -0.25) is 0 Å². The second-order valence-electron chi connectivity index (χ2n) is 10.8. The standard InChI is InChI=1S/C26H42O3/c1-19-10-5-6-11-20(19)18-23(27)26(29)17-9-16-25(4)21(13-14-22(25)26)12-7-8-15-24(2,3)28/h7-8,18,21-23,27-29H,1,5-6,9-17H2,2-4H3/b8-7+,20-18-/t21-,22?,23?,25+,26?/m0/s1. The molecule has 3 aliphatic rings. The summed E-state index contributed by atoms with van der Waals surface area (Å²) >= 11 is 0. The van der Waals surface area contributed by atoms with Crippen molar-refractivity contribution in [3.63, 3.8) is 0 Å². The van der Waals surface area contributed by atoms with E-state index in [-0.39, 0.29) is 11.3 Å². The summed E-state index contributed by atoms with van der Waals surface area (Å²) in [5.41, 5.74) is 0.676. The van der Waals surface area contributed by atoms with Gasteiger partial charge in [0.1, 0.15) is 6.10 Å². The first-order valence-electron chi connectivity index (χ1n) is 11.7. The van der Waals surface area contributed by atoms with Gasteiger partial charge in [0.15, 0.2) is 0 Å². The smallest absolute Gasteiger partial charge is 0.102 e. The second-order valence-corrected chi connectivity index (χ2v) is 10.8. The van der Waals surface area contributed by atoms with Gasteiger partial charge in [-0.1, -0.05) is 31.2 Å². The highest BCUT2D eigenvalue weighted by molar-refractivity contribution is 5.32. The molecule has 0 heterocycles. The Morgan fingerprint density at radius 1 is 1.14 bits per heavy atom. The van der Waals surface area contributed by atoms with E-state index in [4.69, 9.17) is 0 Å². The molecule has 5 atom stereocenters. The van der Waals surface area contributed by atoms with Crippen molar-refractivity contribution in [3.8, 4) is 0 Å². The summed E-state index contributed by atoms with van der Waals surface area (Å²) in [4.78, 5) is 0. The quantitative estimate of drug-likeness (QED) is 0.517. The number of aliphatic hydroxyl groups is 3. The molecule has 3 unspecified atom stereocenters. The lowest BCUT2D eigenvalue weighted by Crippen LogP contribution is -2.55. The van der Waals surface area contributed by atoms with Gasteiger partial charge in [0, 0.05) is 0 Å². The van der Waals surface area contributed by atoms with E-state index < -0.39 is 17.3 Å². The van der Waals surface area contributed by atoms with E-state index in [2.05, 4.69) is 25.7 Å². The molecule has 3 saturated carbocycles. The lowest BCUT2D eigenvalue weighted by Gasteiger charge is -2.51.